The van der Waals surface area contributed by atoms with Crippen molar-refractivity contribution in [3.8, 4) is 0 Å². The normalized spacial score (nSPS) is 23.5. The van der Waals surface area contributed by atoms with Crippen LogP contribution in [0.5, 0.6) is 0 Å². The van der Waals surface area contributed by atoms with E-state index < -0.39 is 29.2 Å². The summed E-state index contributed by atoms with van der Waals surface area (Å²) < 4.78 is 18.5. The van der Waals surface area contributed by atoms with Crippen molar-refractivity contribution in [2.75, 3.05) is 25.2 Å². The van der Waals surface area contributed by atoms with Crippen molar-refractivity contribution >= 4 is 23.5 Å². The van der Waals surface area contributed by atoms with E-state index in [9.17, 15) is 18.8 Å². The van der Waals surface area contributed by atoms with Crippen molar-refractivity contribution < 1.29 is 23.5 Å². The van der Waals surface area contributed by atoms with Gasteiger partial charge in [-0.1, -0.05) is 0 Å². The van der Waals surface area contributed by atoms with Gasteiger partial charge in [-0.25, -0.2) is 9.18 Å². The Morgan fingerprint density at radius 3 is 2.71 bits per heavy atom. The number of halogens is 1. The van der Waals surface area contributed by atoms with E-state index in [1.165, 1.54) is 24.1 Å². The van der Waals surface area contributed by atoms with Crippen LogP contribution in [0, 0.1) is 5.82 Å². The standard InChI is InChI=1S/C13H12FN3O4/c1-21-5-4-17-9-3-2-7(14)6-8(9)13(11(17)19)10(18)15-12(20)16-13/h2-3,6H,4-5H2,1H3,(H2,15,16,18,20). The average molecular weight is 293 g/mol. The number of urea groups is 1. The Morgan fingerprint density at radius 2 is 2.10 bits per heavy atom. The number of imide groups is 1. The summed E-state index contributed by atoms with van der Waals surface area (Å²) >= 11 is 0. The van der Waals surface area contributed by atoms with Gasteiger partial charge in [0, 0.05) is 19.2 Å². The first kappa shape index (κ1) is 13.5. The Hall–Kier alpha value is -2.48. The van der Waals surface area contributed by atoms with Crippen molar-refractivity contribution in [3.05, 3.63) is 29.6 Å². The zero-order valence-electron chi connectivity index (χ0n) is 11.1. The molecule has 7 nitrogen and oxygen atoms in total. The first-order valence-corrected chi connectivity index (χ1v) is 6.25. The Balaban J connectivity index is 2.15. The van der Waals surface area contributed by atoms with Gasteiger partial charge >= 0.3 is 6.03 Å². The molecule has 2 aliphatic heterocycles. The fourth-order valence-electron chi connectivity index (χ4n) is 2.67. The number of amides is 4. The van der Waals surface area contributed by atoms with Crippen LogP contribution in [0.2, 0.25) is 0 Å². The number of anilines is 1. The summed E-state index contributed by atoms with van der Waals surface area (Å²) in [5.74, 6) is -2.02. The minimum absolute atomic E-state index is 0.131. The van der Waals surface area contributed by atoms with Crippen molar-refractivity contribution in [1.29, 1.82) is 0 Å². The molecule has 0 aromatic heterocycles. The van der Waals surface area contributed by atoms with E-state index in [0.29, 0.717) is 5.69 Å². The predicted octanol–water partition coefficient (Wildman–Crippen LogP) is -0.147. The molecule has 1 atom stereocenters. The molecule has 21 heavy (non-hydrogen) atoms. The molecule has 1 unspecified atom stereocenters. The molecule has 1 aromatic rings. The van der Waals surface area contributed by atoms with Gasteiger partial charge in [-0.05, 0) is 18.2 Å². The van der Waals surface area contributed by atoms with E-state index in [1.807, 2.05) is 5.32 Å². The second-order valence-electron chi connectivity index (χ2n) is 4.77. The van der Waals surface area contributed by atoms with E-state index in [1.54, 1.807) is 0 Å². The maximum absolute atomic E-state index is 13.5. The second-order valence-corrected chi connectivity index (χ2v) is 4.77. The fourth-order valence-corrected chi connectivity index (χ4v) is 2.67. The third-order valence-electron chi connectivity index (χ3n) is 3.61. The number of fused-ring (bicyclic) bond motifs is 2. The molecular weight excluding hydrogens is 281 g/mol. The van der Waals surface area contributed by atoms with Gasteiger partial charge in [0.05, 0.1) is 12.3 Å². The van der Waals surface area contributed by atoms with Crippen LogP contribution >= 0.6 is 0 Å². The molecule has 3 rings (SSSR count). The summed E-state index contributed by atoms with van der Waals surface area (Å²) in [7, 11) is 1.48. The van der Waals surface area contributed by atoms with Crippen LogP contribution in [0.3, 0.4) is 0 Å². The number of carbonyl (C=O) groups is 3. The van der Waals surface area contributed by atoms with Gasteiger partial charge in [-0.2, -0.15) is 0 Å². The predicted molar refractivity (Wildman–Crippen MR) is 69.0 cm³/mol. The van der Waals surface area contributed by atoms with Gasteiger partial charge in [0.1, 0.15) is 5.82 Å². The highest BCUT2D eigenvalue weighted by Gasteiger charge is 2.61. The number of nitrogens with zero attached hydrogens (tertiary/aromatic N) is 1. The Bertz CT molecular complexity index is 663. The molecule has 0 saturated carbocycles. The number of carbonyl (C=O) groups excluding carboxylic acids is 3. The lowest BCUT2D eigenvalue weighted by Crippen LogP contribution is -2.52. The van der Waals surface area contributed by atoms with Crippen LogP contribution in [-0.4, -0.2) is 38.1 Å². The first-order chi connectivity index (χ1) is 10.0. The molecule has 1 saturated heterocycles. The molecule has 1 aromatic carbocycles. The third-order valence-corrected chi connectivity index (χ3v) is 3.61. The highest BCUT2D eigenvalue weighted by atomic mass is 19.1. The maximum atomic E-state index is 13.5. The Morgan fingerprint density at radius 1 is 1.33 bits per heavy atom. The van der Waals surface area contributed by atoms with E-state index >= 15 is 0 Å². The lowest BCUT2D eigenvalue weighted by molar-refractivity contribution is -0.134. The molecule has 8 heteroatoms. The summed E-state index contributed by atoms with van der Waals surface area (Å²) in [6.45, 7) is 0.438. The third kappa shape index (κ3) is 1.72. The smallest absolute Gasteiger partial charge is 0.323 e. The SMILES string of the molecule is COCCN1C(=O)C2(NC(=O)NC2=O)c2cc(F)ccc21. The lowest BCUT2D eigenvalue weighted by Gasteiger charge is -2.20. The number of methoxy groups -OCH3 is 1. The summed E-state index contributed by atoms with van der Waals surface area (Å²) in [6.07, 6.45) is 0. The summed E-state index contributed by atoms with van der Waals surface area (Å²) in [6, 6.07) is 2.91. The number of hydrogen-bond donors (Lipinski definition) is 2. The molecular formula is C13H12FN3O4. The first-order valence-electron chi connectivity index (χ1n) is 6.25. The molecule has 1 fully saturated rings. The summed E-state index contributed by atoms with van der Waals surface area (Å²) in [5, 5.41) is 4.35. The molecule has 1 spiro atoms. The quantitative estimate of drug-likeness (QED) is 0.599. The molecule has 2 aliphatic rings. The van der Waals surface area contributed by atoms with Crippen LogP contribution in [-0.2, 0) is 19.9 Å². The van der Waals surface area contributed by atoms with Gasteiger partial charge in [-0.15, -0.1) is 0 Å². The van der Waals surface area contributed by atoms with E-state index in [-0.39, 0.29) is 18.7 Å². The van der Waals surface area contributed by atoms with Gasteiger partial charge in [-0.3, -0.25) is 14.9 Å². The molecule has 0 radical (unpaired) electrons. The molecule has 0 bridgehead atoms. The van der Waals surface area contributed by atoms with Crippen LogP contribution in [0.15, 0.2) is 18.2 Å². The van der Waals surface area contributed by atoms with E-state index in [0.717, 1.165) is 6.07 Å². The zero-order chi connectivity index (χ0) is 15.2. The number of nitrogens with one attached hydrogen (secondary N) is 2. The largest absolute Gasteiger partial charge is 0.383 e. The topological polar surface area (TPSA) is 87.7 Å². The molecule has 4 amide bonds. The zero-order valence-corrected chi connectivity index (χ0v) is 11.1. The molecule has 2 N–H and O–H groups in total. The van der Waals surface area contributed by atoms with Crippen LogP contribution in [0.25, 0.3) is 0 Å². The number of ether oxygens (including phenoxy) is 1. The van der Waals surface area contributed by atoms with Gasteiger partial charge in [0.2, 0.25) is 5.54 Å². The minimum Gasteiger partial charge on any atom is -0.383 e. The number of benzene rings is 1. The van der Waals surface area contributed by atoms with E-state index in [2.05, 4.69) is 5.32 Å². The van der Waals surface area contributed by atoms with Crippen molar-refractivity contribution in [2.24, 2.45) is 0 Å². The molecule has 0 aliphatic carbocycles. The average Bonchev–Trinajstić information content (AvgIpc) is 2.86. The summed E-state index contributed by atoms with van der Waals surface area (Å²) in [4.78, 5) is 37.5. The lowest BCUT2D eigenvalue weighted by atomic mass is 9.91. The number of hydrogen-bond acceptors (Lipinski definition) is 4. The van der Waals surface area contributed by atoms with E-state index in [4.69, 9.17) is 4.74 Å². The van der Waals surface area contributed by atoms with Gasteiger partial charge < -0.3 is 15.0 Å². The Labute approximate surface area is 119 Å². The van der Waals surface area contributed by atoms with Gasteiger partial charge in [0.15, 0.2) is 0 Å². The molecule has 110 valence electrons. The van der Waals surface area contributed by atoms with Crippen LogP contribution < -0.4 is 15.5 Å². The second kappa shape index (κ2) is 4.52. The van der Waals surface area contributed by atoms with Gasteiger partial charge in [0.25, 0.3) is 11.8 Å². The maximum Gasteiger partial charge on any atom is 0.323 e. The van der Waals surface area contributed by atoms with Crippen LogP contribution in [0.1, 0.15) is 5.56 Å². The van der Waals surface area contributed by atoms with Crippen molar-refractivity contribution in [2.45, 2.75) is 5.54 Å². The monoisotopic (exact) mass is 293 g/mol. The highest BCUT2D eigenvalue weighted by Crippen LogP contribution is 2.42. The number of rotatable bonds is 3. The highest BCUT2D eigenvalue weighted by molar-refractivity contribution is 6.27. The fraction of sp³-hybridized carbons (Fsp3) is 0.308. The van der Waals surface area contributed by atoms with Crippen molar-refractivity contribution in [1.82, 2.24) is 10.6 Å². The minimum atomic E-state index is -1.89. The summed E-state index contributed by atoms with van der Waals surface area (Å²) in [5.41, 5.74) is -1.37. The van der Waals surface area contributed by atoms with Crippen molar-refractivity contribution in [3.63, 3.8) is 0 Å². The van der Waals surface area contributed by atoms with Crippen LogP contribution in [0.4, 0.5) is 14.9 Å². The molecule has 2 heterocycles. The Kier molecular flexibility index (Phi) is 2.91.